The molecule has 0 aliphatic heterocycles. The standard InChI is InChI=1S/C12H10F3N3O3/c1-18(6-10(19)20)11(21)17-9-3-2-8(12(13,14)15)4-7(9)5-16/h2-4H,6H2,1H3,(H,17,21)(H,19,20). The van der Waals surface area contributed by atoms with Crippen molar-refractivity contribution in [2.45, 2.75) is 6.18 Å². The molecule has 0 saturated carbocycles. The first-order valence-electron chi connectivity index (χ1n) is 5.50. The molecular weight excluding hydrogens is 291 g/mol. The Kier molecular flexibility index (Phi) is 4.75. The Morgan fingerprint density at radius 3 is 2.52 bits per heavy atom. The summed E-state index contributed by atoms with van der Waals surface area (Å²) >= 11 is 0. The van der Waals surface area contributed by atoms with Gasteiger partial charge in [-0.05, 0) is 18.2 Å². The fraction of sp³-hybridized carbons (Fsp3) is 0.250. The van der Waals surface area contributed by atoms with Crippen LogP contribution in [0.3, 0.4) is 0 Å². The number of hydrogen-bond acceptors (Lipinski definition) is 3. The van der Waals surface area contributed by atoms with E-state index in [1.807, 2.05) is 0 Å². The van der Waals surface area contributed by atoms with Crippen LogP contribution >= 0.6 is 0 Å². The molecule has 6 nitrogen and oxygen atoms in total. The van der Waals surface area contributed by atoms with Crippen LogP contribution in [0, 0.1) is 11.3 Å². The maximum Gasteiger partial charge on any atom is 0.416 e. The Labute approximate surface area is 117 Å². The van der Waals surface area contributed by atoms with Crippen LogP contribution in [0.2, 0.25) is 0 Å². The van der Waals surface area contributed by atoms with E-state index in [2.05, 4.69) is 5.32 Å². The Morgan fingerprint density at radius 2 is 2.05 bits per heavy atom. The number of carbonyl (C=O) groups excluding carboxylic acids is 1. The van der Waals surface area contributed by atoms with E-state index in [1.54, 1.807) is 6.07 Å². The molecule has 1 aromatic rings. The average Bonchev–Trinajstić information content (AvgIpc) is 2.36. The molecule has 1 aromatic carbocycles. The summed E-state index contributed by atoms with van der Waals surface area (Å²) in [4.78, 5) is 22.9. The smallest absolute Gasteiger partial charge is 0.416 e. The SMILES string of the molecule is CN(CC(=O)O)C(=O)Nc1ccc(C(F)(F)F)cc1C#N. The van der Waals surface area contributed by atoms with Gasteiger partial charge in [-0.3, -0.25) is 4.79 Å². The molecular formula is C12H10F3N3O3. The number of hydrogen-bond donors (Lipinski definition) is 2. The van der Waals surface area contributed by atoms with Gasteiger partial charge in [0.15, 0.2) is 0 Å². The molecule has 0 radical (unpaired) electrons. The first kappa shape index (κ1) is 16.3. The third kappa shape index (κ3) is 4.38. The van der Waals surface area contributed by atoms with E-state index in [9.17, 15) is 22.8 Å². The molecule has 1 rings (SSSR count). The summed E-state index contributed by atoms with van der Waals surface area (Å²) in [5.41, 5.74) is -1.52. The maximum atomic E-state index is 12.5. The lowest BCUT2D eigenvalue weighted by Gasteiger charge is -2.16. The summed E-state index contributed by atoms with van der Waals surface area (Å²) in [5.74, 6) is -1.25. The maximum absolute atomic E-state index is 12.5. The van der Waals surface area contributed by atoms with Gasteiger partial charge in [0.1, 0.15) is 12.6 Å². The number of anilines is 1. The molecule has 2 amide bonds. The number of carbonyl (C=O) groups is 2. The molecule has 9 heteroatoms. The van der Waals surface area contributed by atoms with E-state index < -0.39 is 30.3 Å². The highest BCUT2D eigenvalue weighted by molar-refractivity contribution is 5.92. The zero-order valence-corrected chi connectivity index (χ0v) is 10.7. The Hall–Kier alpha value is -2.76. The van der Waals surface area contributed by atoms with E-state index in [-0.39, 0.29) is 11.3 Å². The van der Waals surface area contributed by atoms with Gasteiger partial charge >= 0.3 is 18.2 Å². The van der Waals surface area contributed by atoms with Crippen LogP contribution in [-0.4, -0.2) is 35.6 Å². The average molecular weight is 301 g/mol. The van der Waals surface area contributed by atoms with Gasteiger partial charge in [0, 0.05) is 7.05 Å². The van der Waals surface area contributed by atoms with Gasteiger partial charge in [0.25, 0.3) is 0 Å². The molecule has 0 atom stereocenters. The lowest BCUT2D eigenvalue weighted by Crippen LogP contribution is -2.35. The molecule has 0 saturated heterocycles. The van der Waals surface area contributed by atoms with Crippen molar-refractivity contribution in [2.75, 3.05) is 18.9 Å². The van der Waals surface area contributed by atoms with E-state index >= 15 is 0 Å². The minimum atomic E-state index is -4.60. The van der Waals surface area contributed by atoms with Crippen LogP contribution in [-0.2, 0) is 11.0 Å². The van der Waals surface area contributed by atoms with Crippen molar-refractivity contribution in [1.29, 1.82) is 5.26 Å². The number of aliphatic carboxylic acids is 1. The number of halogens is 3. The number of benzene rings is 1. The summed E-state index contributed by atoms with van der Waals surface area (Å²) in [6, 6.07) is 2.95. The van der Waals surface area contributed by atoms with Crippen LogP contribution in [0.4, 0.5) is 23.7 Å². The lowest BCUT2D eigenvalue weighted by molar-refractivity contribution is -0.138. The zero-order chi connectivity index (χ0) is 16.2. The van der Waals surface area contributed by atoms with E-state index in [4.69, 9.17) is 10.4 Å². The van der Waals surface area contributed by atoms with E-state index in [0.29, 0.717) is 12.1 Å². The van der Waals surface area contributed by atoms with Crippen molar-refractivity contribution < 1.29 is 27.9 Å². The number of nitriles is 1. The van der Waals surface area contributed by atoms with Crippen molar-refractivity contribution in [3.8, 4) is 6.07 Å². The third-order valence-electron chi connectivity index (χ3n) is 2.43. The van der Waals surface area contributed by atoms with Crippen molar-refractivity contribution in [2.24, 2.45) is 0 Å². The molecule has 0 fully saturated rings. The van der Waals surface area contributed by atoms with Gasteiger partial charge in [-0.1, -0.05) is 0 Å². The zero-order valence-electron chi connectivity index (χ0n) is 10.7. The quantitative estimate of drug-likeness (QED) is 0.894. The number of rotatable bonds is 3. The summed E-state index contributed by atoms with van der Waals surface area (Å²) in [5, 5.41) is 19.5. The second-order valence-corrected chi connectivity index (χ2v) is 4.05. The molecule has 0 aliphatic rings. The van der Waals surface area contributed by atoms with E-state index in [0.717, 1.165) is 11.0 Å². The van der Waals surface area contributed by atoms with Crippen LogP contribution in [0.15, 0.2) is 18.2 Å². The number of amides is 2. The molecule has 0 heterocycles. The highest BCUT2D eigenvalue weighted by atomic mass is 19.4. The molecule has 21 heavy (non-hydrogen) atoms. The normalized spacial score (nSPS) is 10.6. The second-order valence-electron chi connectivity index (χ2n) is 4.05. The van der Waals surface area contributed by atoms with Crippen LogP contribution in [0.1, 0.15) is 11.1 Å². The molecule has 0 bridgehead atoms. The summed E-state index contributed by atoms with van der Waals surface area (Å²) in [6.07, 6.45) is -4.60. The van der Waals surface area contributed by atoms with Gasteiger partial charge < -0.3 is 15.3 Å². The second kappa shape index (κ2) is 6.13. The van der Waals surface area contributed by atoms with Crippen molar-refractivity contribution in [3.05, 3.63) is 29.3 Å². The molecule has 0 unspecified atom stereocenters. The summed E-state index contributed by atoms with van der Waals surface area (Å²) in [6.45, 7) is -0.589. The number of nitrogens with one attached hydrogen (secondary N) is 1. The Bertz CT molecular complexity index is 608. The van der Waals surface area contributed by atoms with Gasteiger partial charge in [-0.25, -0.2) is 4.79 Å². The molecule has 112 valence electrons. The minimum absolute atomic E-state index is 0.132. The van der Waals surface area contributed by atoms with Crippen molar-refractivity contribution in [3.63, 3.8) is 0 Å². The monoisotopic (exact) mass is 301 g/mol. The summed E-state index contributed by atoms with van der Waals surface area (Å²) < 4.78 is 37.5. The van der Waals surface area contributed by atoms with Crippen molar-refractivity contribution in [1.82, 2.24) is 4.90 Å². The van der Waals surface area contributed by atoms with Gasteiger partial charge in [-0.15, -0.1) is 0 Å². The number of urea groups is 1. The topological polar surface area (TPSA) is 93.4 Å². The number of alkyl halides is 3. The highest BCUT2D eigenvalue weighted by Gasteiger charge is 2.31. The van der Waals surface area contributed by atoms with Crippen LogP contribution < -0.4 is 5.32 Å². The number of nitrogens with zero attached hydrogens (tertiary/aromatic N) is 2. The Morgan fingerprint density at radius 1 is 1.43 bits per heavy atom. The van der Waals surface area contributed by atoms with Gasteiger partial charge in [-0.2, -0.15) is 18.4 Å². The number of likely N-dealkylation sites (N-methyl/N-ethyl adjacent to an activating group) is 1. The molecule has 0 aromatic heterocycles. The number of carboxylic acids is 1. The fourth-order valence-corrected chi connectivity index (χ4v) is 1.41. The Balaban J connectivity index is 2.97. The lowest BCUT2D eigenvalue weighted by atomic mass is 10.1. The van der Waals surface area contributed by atoms with E-state index in [1.165, 1.54) is 7.05 Å². The van der Waals surface area contributed by atoms with Crippen LogP contribution in [0.25, 0.3) is 0 Å². The van der Waals surface area contributed by atoms with Gasteiger partial charge in [0.05, 0.1) is 16.8 Å². The third-order valence-corrected chi connectivity index (χ3v) is 2.43. The van der Waals surface area contributed by atoms with Crippen molar-refractivity contribution >= 4 is 17.7 Å². The molecule has 2 N–H and O–H groups in total. The highest BCUT2D eigenvalue weighted by Crippen LogP contribution is 2.31. The first-order chi connectivity index (χ1) is 9.65. The minimum Gasteiger partial charge on any atom is -0.480 e. The predicted octanol–water partition coefficient (Wildman–Crippen LogP) is 2.13. The predicted molar refractivity (Wildman–Crippen MR) is 65.4 cm³/mol. The fourth-order valence-electron chi connectivity index (χ4n) is 1.41. The van der Waals surface area contributed by atoms with Gasteiger partial charge in [0.2, 0.25) is 0 Å². The van der Waals surface area contributed by atoms with Crippen LogP contribution in [0.5, 0.6) is 0 Å². The molecule has 0 spiro atoms. The first-order valence-corrected chi connectivity index (χ1v) is 5.50. The number of carboxylic acid groups (broad SMARTS) is 1. The largest absolute Gasteiger partial charge is 0.480 e. The molecule has 0 aliphatic carbocycles. The summed E-state index contributed by atoms with van der Waals surface area (Å²) in [7, 11) is 1.19.